The van der Waals surface area contributed by atoms with Crippen LogP contribution in [0.25, 0.3) is 10.9 Å². The average Bonchev–Trinajstić information content (AvgIpc) is 2.88. The molecule has 0 fully saturated rings. The first-order valence-electron chi connectivity index (χ1n) is 7.49. The van der Waals surface area contributed by atoms with Crippen LogP contribution in [0.2, 0.25) is 0 Å². The molecule has 0 aliphatic carbocycles. The average molecular weight is 358 g/mol. The highest BCUT2D eigenvalue weighted by molar-refractivity contribution is 6.18. The zero-order valence-corrected chi connectivity index (χ0v) is 14.3. The van der Waals surface area contributed by atoms with E-state index in [1.54, 1.807) is 0 Å². The number of nitrogens with two attached hydrogens (primary N) is 1. The van der Waals surface area contributed by atoms with Crippen molar-refractivity contribution in [2.75, 3.05) is 29.7 Å². The number of hydrogen-bond acceptors (Lipinski definition) is 3. The zero-order chi connectivity index (χ0) is 16.8. The Morgan fingerprint density at radius 2 is 2.00 bits per heavy atom. The van der Waals surface area contributed by atoms with Gasteiger partial charge in [0.2, 0.25) is 0 Å². The molecule has 0 saturated carbocycles. The Morgan fingerprint density at radius 1 is 1.30 bits per heavy atom. The van der Waals surface area contributed by atoms with E-state index in [9.17, 15) is 4.79 Å². The van der Waals surface area contributed by atoms with Gasteiger partial charge < -0.3 is 20.7 Å². The molecule has 5 nitrogen and oxygen atoms in total. The topological polar surface area (TPSA) is 82.4 Å². The van der Waals surface area contributed by atoms with Crippen molar-refractivity contribution >= 4 is 45.8 Å². The van der Waals surface area contributed by atoms with Gasteiger partial charge in [0.1, 0.15) is 0 Å². The Labute approximate surface area is 145 Å². The summed E-state index contributed by atoms with van der Waals surface area (Å²) in [5, 5.41) is 9.87. The van der Waals surface area contributed by atoms with E-state index in [2.05, 4.69) is 16.0 Å². The number of carboxylic acid groups (broad SMARTS) is 1. The highest BCUT2D eigenvalue weighted by Crippen LogP contribution is 2.25. The molecule has 23 heavy (non-hydrogen) atoms. The van der Waals surface area contributed by atoms with Gasteiger partial charge in [-0.3, -0.25) is 4.79 Å². The lowest BCUT2D eigenvalue weighted by Gasteiger charge is -2.22. The number of halogens is 2. The van der Waals surface area contributed by atoms with Crippen LogP contribution in [-0.4, -0.2) is 47.0 Å². The van der Waals surface area contributed by atoms with Gasteiger partial charge in [0.25, 0.3) is 0 Å². The lowest BCUT2D eigenvalue weighted by Crippen LogP contribution is -2.27. The van der Waals surface area contributed by atoms with E-state index in [1.807, 2.05) is 18.3 Å². The highest BCUT2D eigenvalue weighted by Gasteiger charge is 2.13. The second-order valence-corrected chi connectivity index (χ2v) is 6.23. The number of hydrogen-bond donors (Lipinski definition) is 3. The Morgan fingerprint density at radius 3 is 2.61 bits per heavy atom. The van der Waals surface area contributed by atoms with E-state index in [4.69, 9.17) is 34.0 Å². The van der Waals surface area contributed by atoms with Crippen molar-refractivity contribution in [2.45, 2.75) is 18.9 Å². The fourth-order valence-corrected chi connectivity index (χ4v) is 3.10. The molecule has 4 N–H and O–H groups in total. The Balaban J connectivity index is 2.20. The number of carbonyl (C=O) groups is 1. The lowest BCUT2D eigenvalue weighted by molar-refractivity contribution is -0.137. The molecule has 1 atom stereocenters. The monoisotopic (exact) mass is 357 g/mol. The molecule has 2 rings (SSSR count). The zero-order valence-electron chi connectivity index (χ0n) is 12.8. The maximum atomic E-state index is 10.7. The number of H-pyrrole nitrogens is 1. The molecule has 0 saturated heterocycles. The fourth-order valence-electron chi connectivity index (χ4n) is 2.69. The summed E-state index contributed by atoms with van der Waals surface area (Å²) >= 11 is 11.7. The van der Waals surface area contributed by atoms with E-state index in [1.165, 1.54) is 0 Å². The number of aromatic amines is 1. The van der Waals surface area contributed by atoms with Crippen molar-refractivity contribution < 1.29 is 9.90 Å². The smallest absolute Gasteiger partial charge is 0.304 e. The number of rotatable bonds is 9. The Bertz CT molecular complexity index is 654. The van der Waals surface area contributed by atoms with Gasteiger partial charge in [-0.25, -0.2) is 0 Å². The summed E-state index contributed by atoms with van der Waals surface area (Å²) < 4.78 is 0. The largest absolute Gasteiger partial charge is 0.481 e. The number of benzene rings is 1. The third-order valence-electron chi connectivity index (χ3n) is 3.74. The minimum atomic E-state index is -0.877. The van der Waals surface area contributed by atoms with Crippen molar-refractivity contribution in [1.29, 1.82) is 0 Å². The van der Waals surface area contributed by atoms with E-state index in [-0.39, 0.29) is 6.42 Å². The summed E-state index contributed by atoms with van der Waals surface area (Å²) in [6, 6.07) is 5.72. The van der Waals surface area contributed by atoms with Crippen LogP contribution >= 0.6 is 23.2 Å². The second kappa shape index (κ2) is 8.43. The number of aliphatic carboxylic acids is 1. The molecule has 0 bridgehead atoms. The van der Waals surface area contributed by atoms with Crippen LogP contribution in [0, 0.1) is 0 Å². The maximum Gasteiger partial charge on any atom is 0.304 e. The first kappa shape index (κ1) is 17.9. The van der Waals surface area contributed by atoms with Crippen molar-refractivity contribution in [3.63, 3.8) is 0 Å². The van der Waals surface area contributed by atoms with Crippen LogP contribution < -0.4 is 10.6 Å². The van der Waals surface area contributed by atoms with Crippen molar-refractivity contribution in [3.05, 3.63) is 30.0 Å². The van der Waals surface area contributed by atoms with Gasteiger partial charge in [-0.1, -0.05) is 6.07 Å². The van der Waals surface area contributed by atoms with E-state index in [0.29, 0.717) is 18.2 Å². The van der Waals surface area contributed by atoms with Crippen molar-refractivity contribution in [2.24, 2.45) is 5.73 Å². The van der Waals surface area contributed by atoms with Crippen LogP contribution in [0.15, 0.2) is 24.4 Å². The van der Waals surface area contributed by atoms with Crippen LogP contribution in [0.1, 0.15) is 12.0 Å². The predicted molar refractivity (Wildman–Crippen MR) is 95.9 cm³/mol. The summed E-state index contributed by atoms with van der Waals surface area (Å²) in [4.78, 5) is 16.1. The molecule has 1 aromatic heterocycles. The summed E-state index contributed by atoms with van der Waals surface area (Å²) in [5.74, 6) is 0.196. The summed E-state index contributed by atoms with van der Waals surface area (Å²) in [6.45, 7) is 1.47. The Hall–Kier alpha value is -1.43. The normalized spacial score (nSPS) is 12.5. The molecular weight excluding hydrogens is 337 g/mol. The first-order chi connectivity index (χ1) is 11.0. The van der Waals surface area contributed by atoms with E-state index < -0.39 is 12.0 Å². The van der Waals surface area contributed by atoms with Gasteiger partial charge in [-0.2, -0.15) is 0 Å². The van der Waals surface area contributed by atoms with Gasteiger partial charge >= 0.3 is 5.97 Å². The molecule has 0 aliphatic rings. The molecule has 0 amide bonds. The fraction of sp³-hybridized carbons (Fsp3) is 0.438. The number of fused-ring (bicyclic) bond motifs is 1. The quantitative estimate of drug-likeness (QED) is 0.602. The molecule has 0 spiro atoms. The molecule has 1 aromatic carbocycles. The third kappa shape index (κ3) is 4.77. The molecule has 7 heteroatoms. The van der Waals surface area contributed by atoms with Gasteiger partial charge in [0.05, 0.1) is 6.42 Å². The van der Waals surface area contributed by atoms with Gasteiger partial charge in [-0.05, 0) is 24.1 Å². The van der Waals surface area contributed by atoms with E-state index in [0.717, 1.165) is 35.2 Å². The van der Waals surface area contributed by atoms with Crippen LogP contribution in [0.3, 0.4) is 0 Å². The van der Waals surface area contributed by atoms with E-state index >= 15 is 0 Å². The minimum Gasteiger partial charge on any atom is -0.481 e. The summed E-state index contributed by atoms with van der Waals surface area (Å²) in [7, 11) is 0. The standard InChI is InChI=1S/C16H21Cl2N3O2/c17-3-5-21(6-4-18)13-1-2-14-11(10-20-15(14)9-13)7-12(19)8-16(22)23/h1-2,9-10,12,20H,3-8,19H2,(H,22,23). The second-order valence-electron chi connectivity index (χ2n) is 5.47. The summed E-state index contributed by atoms with van der Waals surface area (Å²) in [5.41, 5.74) is 8.96. The number of alkyl halides is 2. The van der Waals surface area contributed by atoms with Gasteiger partial charge in [-0.15, -0.1) is 23.2 Å². The highest BCUT2D eigenvalue weighted by atomic mass is 35.5. The SMILES string of the molecule is NC(CC(=O)O)Cc1c[nH]c2cc(N(CCCl)CCCl)ccc12. The third-order valence-corrected chi connectivity index (χ3v) is 4.08. The van der Waals surface area contributed by atoms with Crippen LogP contribution in [-0.2, 0) is 11.2 Å². The lowest BCUT2D eigenvalue weighted by atomic mass is 10.0. The molecule has 0 radical (unpaired) electrons. The molecule has 126 valence electrons. The number of anilines is 1. The molecule has 1 unspecified atom stereocenters. The molecular formula is C16H21Cl2N3O2. The van der Waals surface area contributed by atoms with Gasteiger partial charge in [0.15, 0.2) is 0 Å². The van der Waals surface area contributed by atoms with Crippen molar-refractivity contribution in [1.82, 2.24) is 4.98 Å². The molecule has 2 aromatic rings. The summed E-state index contributed by atoms with van der Waals surface area (Å²) in [6.07, 6.45) is 2.38. The number of nitrogens with zero attached hydrogens (tertiary/aromatic N) is 1. The first-order valence-corrected chi connectivity index (χ1v) is 8.56. The minimum absolute atomic E-state index is 0.0377. The van der Waals surface area contributed by atoms with Crippen molar-refractivity contribution in [3.8, 4) is 0 Å². The van der Waals surface area contributed by atoms with Crippen LogP contribution in [0.4, 0.5) is 5.69 Å². The van der Waals surface area contributed by atoms with Gasteiger partial charge in [0, 0.05) is 53.7 Å². The number of aromatic nitrogens is 1. The molecule has 0 aliphatic heterocycles. The molecule has 1 heterocycles. The number of nitrogens with one attached hydrogen (secondary N) is 1. The predicted octanol–water partition coefficient (Wildman–Crippen LogP) is 2.80. The Kier molecular flexibility index (Phi) is 6.57. The van der Waals surface area contributed by atoms with Crippen LogP contribution in [0.5, 0.6) is 0 Å². The maximum absolute atomic E-state index is 10.7. The number of carboxylic acids is 1.